The maximum absolute atomic E-state index is 13.1. The quantitative estimate of drug-likeness (QED) is 0.0544. The molecule has 470 valence electrons. The maximum atomic E-state index is 13.1. The highest BCUT2D eigenvalue weighted by atomic mass is 16.9. The zero-order chi connectivity index (χ0) is 59.9. The molecule has 5 fully saturated rings. The van der Waals surface area contributed by atoms with Crippen LogP contribution in [0.2, 0.25) is 0 Å². The zero-order valence-electron chi connectivity index (χ0n) is 49.4. The van der Waals surface area contributed by atoms with Crippen molar-refractivity contribution in [3.05, 3.63) is 0 Å². The molecule has 0 aromatic rings. The number of carbonyl (C=O) groups is 4. The molecule has 0 unspecified atom stereocenters. The van der Waals surface area contributed by atoms with E-state index in [4.69, 9.17) is 123 Å². The van der Waals surface area contributed by atoms with E-state index in [0.717, 1.165) is 27.7 Å². The highest BCUT2D eigenvalue weighted by molar-refractivity contribution is 5.68. The minimum absolute atomic E-state index is 0.00972. The molecule has 5 rings (SSSR count). The lowest BCUT2D eigenvalue weighted by molar-refractivity contribution is -0.407. The van der Waals surface area contributed by atoms with Gasteiger partial charge in [0.05, 0.1) is 26.4 Å². The lowest BCUT2D eigenvalue weighted by Crippen LogP contribution is -2.66. The Balaban J connectivity index is 1.71. The SMILES string of the molecule is COC[C@H]1O[C@@](COC)(OC[C@@]2(OC[C@@]3(OC[C@@]4(O[C@H]5O[C@H](COC(C)=O)[C@@H](OC(C)=O)[C@H](OC(C)=O)[C@H]5OC(C)=O)O[C@H](COC)[C@@H](OC)[C@@H]4OC)O[C@H](COC)[C@@H](OC)[C@@H]3OC)O[C@H](COC)[C@@H](OC)[C@@H]2OC)[C@@H](OC)[C@@H]1OC. The molecule has 21 atom stereocenters. The number of hydrogen-bond acceptors (Lipinski definition) is 30. The molecule has 0 N–H and O–H groups in total. The Bertz CT molecular complexity index is 1950. The molecule has 5 aliphatic rings. The van der Waals surface area contributed by atoms with Crippen molar-refractivity contribution >= 4 is 23.9 Å². The van der Waals surface area contributed by atoms with Gasteiger partial charge >= 0.3 is 23.9 Å². The van der Waals surface area contributed by atoms with Crippen LogP contribution >= 0.6 is 0 Å². The van der Waals surface area contributed by atoms with Crippen molar-refractivity contribution in [2.45, 2.75) is 155 Å². The second kappa shape index (κ2) is 31.4. The normalized spacial score (nSPS) is 39.5. The molecule has 5 saturated heterocycles. The van der Waals surface area contributed by atoms with Crippen molar-refractivity contribution in [1.82, 2.24) is 0 Å². The summed E-state index contributed by atoms with van der Waals surface area (Å²) in [6.07, 6.45) is -19.8. The number of esters is 4. The molecular formula is C51H86O30. The summed E-state index contributed by atoms with van der Waals surface area (Å²) in [5.41, 5.74) is 0. The van der Waals surface area contributed by atoms with Gasteiger partial charge in [-0.15, -0.1) is 0 Å². The molecule has 0 aliphatic carbocycles. The molecule has 0 saturated carbocycles. The average Bonchev–Trinajstić information content (AvgIpc) is 4.35. The summed E-state index contributed by atoms with van der Waals surface area (Å²) < 4.78 is 161. The number of hydrogen-bond donors (Lipinski definition) is 0. The van der Waals surface area contributed by atoms with Gasteiger partial charge < -0.3 is 123 Å². The summed E-state index contributed by atoms with van der Waals surface area (Å²) in [5.74, 6) is -11.5. The van der Waals surface area contributed by atoms with Crippen LogP contribution in [-0.2, 0) is 142 Å². The third-order valence-electron chi connectivity index (χ3n) is 14.4. The topological polar surface area (TPSA) is 308 Å². The van der Waals surface area contributed by atoms with Gasteiger partial charge in [-0.25, -0.2) is 0 Å². The second-order valence-electron chi connectivity index (χ2n) is 19.6. The second-order valence-corrected chi connectivity index (χ2v) is 19.6. The number of carbonyl (C=O) groups excluding carboxylic acids is 4. The van der Waals surface area contributed by atoms with Crippen LogP contribution in [0.3, 0.4) is 0 Å². The Morgan fingerprint density at radius 2 is 0.654 bits per heavy atom. The molecule has 0 radical (unpaired) electrons. The summed E-state index contributed by atoms with van der Waals surface area (Å²) in [5, 5.41) is 0. The highest BCUT2D eigenvalue weighted by Crippen LogP contribution is 2.47. The van der Waals surface area contributed by atoms with E-state index in [1.165, 1.54) is 92.4 Å². The maximum Gasteiger partial charge on any atom is 0.303 e. The number of rotatable bonds is 34. The van der Waals surface area contributed by atoms with Crippen LogP contribution in [-0.4, -0.2) is 303 Å². The van der Waals surface area contributed by atoms with Crippen molar-refractivity contribution in [2.24, 2.45) is 0 Å². The first-order valence-electron chi connectivity index (χ1n) is 26.0. The molecule has 30 heteroatoms. The van der Waals surface area contributed by atoms with Crippen molar-refractivity contribution < 1.29 is 142 Å². The van der Waals surface area contributed by atoms with Crippen molar-refractivity contribution in [1.29, 1.82) is 0 Å². The van der Waals surface area contributed by atoms with Gasteiger partial charge in [-0.2, -0.15) is 0 Å². The third kappa shape index (κ3) is 15.3. The summed E-state index contributed by atoms with van der Waals surface area (Å²) in [4.78, 5) is 50.9. The van der Waals surface area contributed by atoms with Crippen LogP contribution in [0.25, 0.3) is 0 Å². The predicted molar refractivity (Wildman–Crippen MR) is 267 cm³/mol. The first-order valence-corrected chi connectivity index (χ1v) is 26.0. The highest BCUT2D eigenvalue weighted by Gasteiger charge is 2.68. The zero-order valence-corrected chi connectivity index (χ0v) is 49.4. The fraction of sp³-hybridized carbons (Fsp3) is 0.922. The van der Waals surface area contributed by atoms with Crippen molar-refractivity contribution in [3.63, 3.8) is 0 Å². The van der Waals surface area contributed by atoms with Crippen molar-refractivity contribution in [3.8, 4) is 0 Å². The van der Waals surface area contributed by atoms with E-state index in [-0.39, 0.29) is 33.0 Å². The summed E-state index contributed by atoms with van der Waals surface area (Å²) >= 11 is 0. The van der Waals surface area contributed by atoms with E-state index in [1.54, 1.807) is 0 Å². The van der Waals surface area contributed by atoms with E-state index in [1.807, 2.05) is 0 Å². The van der Waals surface area contributed by atoms with Crippen LogP contribution in [0.4, 0.5) is 0 Å². The molecule has 5 aliphatic heterocycles. The first kappa shape index (κ1) is 68.8. The van der Waals surface area contributed by atoms with Gasteiger partial charge in [0.25, 0.3) is 0 Å². The minimum atomic E-state index is -2.28. The van der Waals surface area contributed by atoms with Crippen LogP contribution in [0.15, 0.2) is 0 Å². The molecule has 81 heavy (non-hydrogen) atoms. The minimum Gasteiger partial charge on any atom is -0.463 e. The lowest BCUT2D eigenvalue weighted by atomic mass is 9.97. The van der Waals surface area contributed by atoms with E-state index >= 15 is 0 Å². The molecule has 0 bridgehead atoms. The van der Waals surface area contributed by atoms with Gasteiger partial charge in [-0.05, 0) is 0 Å². The average molecular weight is 1180 g/mol. The third-order valence-corrected chi connectivity index (χ3v) is 14.4. The van der Waals surface area contributed by atoms with Crippen molar-refractivity contribution in [2.75, 3.05) is 152 Å². The summed E-state index contributed by atoms with van der Waals surface area (Å²) in [6, 6.07) is 0. The van der Waals surface area contributed by atoms with E-state index in [9.17, 15) is 19.2 Å². The van der Waals surface area contributed by atoms with E-state index in [0.29, 0.717) is 0 Å². The standard InChI is InChI=1S/C51H86O30/c1-27(52)69-22-31-36(73-28(2)53)41(74-29(3)54)42(75-30(4)55)47(76-31)81-51(46(68-17)40(64-13)35(80-51)21-59-8)26-72-50(45(67-16)39(63-12)34(79-50)20-58-7)25-71-49(44(66-15)38(62-11)33(78-49)19-57-6)24-70-48(23-60-9)43(65-14)37(61-10)32(77-48)18-56-5/h31-47H,18-26H2,1-17H3/t31-,32-,33-,34-,35-,36-,37-,38-,39-,40-,41+,42-,43+,44+,45+,46+,47-,48-,49-,50-,51+/m1/s1. The molecule has 0 spiro atoms. The van der Waals surface area contributed by atoms with Gasteiger partial charge in [0.2, 0.25) is 29.4 Å². The molecule has 5 heterocycles. The number of methoxy groups -OCH3 is 13. The molecule has 30 nitrogen and oxygen atoms in total. The Labute approximate surface area is 472 Å². The fourth-order valence-corrected chi connectivity index (χ4v) is 11.3. The van der Waals surface area contributed by atoms with Gasteiger partial charge in [0.1, 0.15) is 112 Å². The molecule has 0 aromatic heterocycles. The Kier molecular flexibility index (Phi) is 26.7. The van der Waals surface area contributed by atoms with E-state index < -0.39 is 177 Å². The fourth-order valence-electron chi connectivity index (χ4n) is 11.3. The van der Waals surface area contributed by atoms with E-state index in [2.05, 4.69) is 0 Å². The van der Waals surface area contributed by atoms with Gasteiger partial charge in [-0.3, -0.25) is 19.2 Å². The largest absolute Gasteiger partial charge is 0.463 e. The first-order chi connectivity index (χ1) is 38.7. The number of ether oxygens (including phenoxy) is 26. The molecular weight excluding hydrogens is 1090 g/mol. The van der Waals surface area contributed by atoms with Crippen LogP contribution in [0, 0.1) is 0 Å². The Hall–Kier alpha value is -3.00. The van der Waals surface area contributed by atoms with Crippen LogP contribution in [0.5, 0.6) is 0 Å². The monoisotopic (exact) mass is 1180 g/mol. The van der Waals surface area contributed by atoms with Gasteiger partial charge in [0, 0.05) is 120 Å². The molecule has 0 amide bonds. The Morgan fingerprint density at radius 3 is 0.975 bits per heavy atom. The molecule has 0 aromatic carbocycles. The lowest BCUT2D eigenvalue weighted by Gasteiger charge is -2.47. The smallest absolute Gasteiger partial charge is 0.303 e. The predicted octanol–water partition coefficient (Wildman–Crippen LogP) is -1.13. The van der Waals surface area contributed by atoms with Gasteiger partial charge in [0.15, 0.2) is 18.3 Å². The van der Waals surface area contributed by atoms with Gasteiger partial charge in [-0.1, -0.05) is 0 Å². The summed E-state index contributed by atoms with van der Waals surface area (Å²) in [7, 11) is 18.8. The van der Waals surface area contributed by atoms with Crippen LogP contribution in [0.1, 0.15) is 27.7 Å². The summed E-state index contributed by atoms with van der Waals surface area (Å²) in [6.45, 7) is 1.65. The Morgan fingerprint density at radius 1 is 0.333 bits per heavy atom. The van der Waals surface area contributed by atoms with Crippen LogP contribution < -0.4 is 0 Å².